The van der Waals surface area contributed by atoms with Gasteiger partial charge in [0.2, 0.25) is 0 Å². The van der Waals surface area contributed by atoms with Gasteiger partial charge in [-0.2, -0.15) is 0 Å². The van der Waals surface area contributed by atoms with Gasteiger partial charge in [0.05, 0.1) is 18.3 Å². The summed E-state index contributed by atoms with van der Waals surface area (Å²) in [7, 11) is 0. The third-order valence-electron chi connectivity index (χ3n) is 4.41. The molecule has 0 spiro atoms. The summed E-state index contributed by atoms with van der Waals surface area (Å²) in [6.07, 6.45) is 5.10. The molecule has 2 unspecified atom stereocenters. The molecule has 1 saturated carbocycles. The Morgan fingerprint density at radius 1 is 1.38 bits per heavy atom. The van der Waals surface area contributed by atoms with Crippen molar-refractivity contribution in [1.82, 2.24) is 5.32 Å². The zero-order valence-corrected chi connectivity index (χ0v) is 12.8. The quantitative estimate of drug-likeness (QED) is 0.836. The number of ketones is 1. The second kappa shape index (κ2) is 6.06. The molecule has 4 nitrogen and oxygen atoms in total. The maximum atomic E-state index is 12.6. The predicted molar refractivity (Wildman–Crippen MR) is 84.2 cm³/mol. The molecule has 114 valence electrons. The second-order valence-electron chi connectivity index (χ2n) is 6.25. The van der Waals surface area contributed by atoms with Crippen molar-refractivity contribution in [2.45, 2.75) is 57.7 Å². The third kappa shape index (κ3) is 3.21. The molecule has 1 aromatic carbocycles. The van der Waals surface area contributed by atoms with E-state index in [9.17, 15) is 4.79 Å². The fourth-order valence-electron chi connectivity index (χ4n) is 3.21. The van der Waals surface area contributed by atoms with Crippen molar-refractivity contribution in [3.8, 4) is 5.75 Å². The van der Waals surface area contributed by atoms with Crippen molar-refractivity contribution in [2.24, 2.45) is 0 Å². The van der Waals surface area contributed by atoms with Crippen molar-refractivity contribution < 1.29 is 9.53 Å². The number of carbonyl (C=O) groups excluding carboxylic acids is 1. The lowest BCUT2D eigenvalue weighted by Gasteiger charge is -2.25. The lowest BCUT2D eigenvalue weighted by molar-refractivity contribution is 0.0944. The summed E-state index contributed by atoms with van der Waals surface area (Å²) in [5.74, 6) is 0.992. The Morgan fingerprint density at radius 3 is 2.90 bits per heavy atom. The fourth-order valence-corrected chi connectivity index (χ4v) is 3.21. The van der Waals surface area contributed by atoms with Gasteiger partial charge in [-0.1, -0.05) is 12.8 Å². The van der Waals surface area contributed by atoms with Crippen LogP contribution in [0.1, 0.15) is 49.9 Å². The Labute approximate surface area is 126 Å². The number of anilines is 1. The summed E-state index contributed by atoms with van der Waals surface area (Å²) < 4.78 is 5.75. The lowest BCUT2D eigenvalue weighted by Crippen LogP contribution is -2.40. The summed E-state index contributed by atoms with van der Waals surface area (Å²) in [6.45, 7) is 4.77. The average Bonchev–Trinajstić information content (AvgIpc) is 2.98. The van der Waals surface area contributed by atoms with E-state index < -0.39 is 0 Å². The van der Waals surface area contributed by atoms with Crippen LogP contribution in [-0.4, -0.2) is 30.5 Å². The van der Waals surface area contributed by atoms with Crippen LogP contribution in [0.4, 0.5) is 5.69 Å². The number of hydrogen-bond donors (Lipinski definition) is 2. The standard InChI is InChI=1S/C17H24N2O2/c1-11-10-18-15-9-13(7-8-16(15)21-11)17(20)12(2)19-14-5-3-4-6-14/h7-9,11-12,14,18-19H,3-6,10H2,1-2H3. The maximum absolute atomic E-state index is 12.6. The van der Waals surface area contributed by atoms with Gasteiger partial charge in [0, 0.05) is 11.6 Å². The van der Waals surface area contributed by atoms with Crippen LogP contribution in [-0.2, 0) is 0 Å². The molecule has 1 aliphatic heterocycles. The maximum Gasteiger partial charge on any atom is 0.179 e. The Morgan fingerprint density at radius 2 is 2.14 bits per heavy atom. The molecular weight excluding hydrogens is 264 g/mol. The SMILES string of the molecule is CC1CNc2cc(C(=O)C(C)NC3CCCC3)ccc2O1. The smallest absolute Gasteiger partial charge is 0.179 e. The van der Waals surface area contributed by atoms with Crippen LogP contribution in [0.25, 0.3) is 0 Å². The van der Waals surface area contributed by atoms with E-state index in [4.69, 9.17) is 4.74 Å². The van der Waals surface area contributed by atoms with Gasteiger partial charge in [0.25, 0.3) is 0 Å². The molecule has 1 aromatic rings. The van der Waals surface area contributed by atoms with Crippen molar-refractivity contribution in [3.05, 3.63) is 23.8 Å². The van der Waals surface area contributed by atoms with Crippen molar-refractivity contribution >= 4 is 11.5 Å². The van der Waals surface area contributed by atoms with Gasteiger partial charge in [0.1, 0.15) is 11.9 Å². The van der Waals surface area contributed by atoms with E-state index in [2.05, 4.69) is 10.6 Å². The summed E-state index contributed by atoms with van der Waals surface area (Å²) in [5, 5.41) is 6.79. The topological polar surface area (TPSA) is 50.4 Å². The Hall–Kier alpha value is -1.55. The van der Waals surface area contributed by atoms with Crippen LogP contribution in [0, 0.1) is 0 Å². The van der Waals surface area contributed by atoms with Gasteiger partial charge in [-0.25, -0.2) is 0 Å². The highest BCUT2D eigenvalue weighted by atomic mass is 16.5. The molecule has 1 fully saturated rings. The van der Waals surface area contributed by atoms with Crippen molar-refractivity contribution in [3.63, 3.8) is 0 Å². The van der Waals surface area contributed by atoms with E-state index in [0.717, 1.165) is 23.5 Å². The molecular formula is C17H24N2O2. The number of rotatable bonds is 4. The number of ether oxygens (including phenoxy) is 1. The first kappa shape index (κ1) is 14.4. The number of Topliss-reactive ketones (excluding diaryl/α,β-unsaturated/α-hetero) is 1. The van der Waals surface area contributed by atoms with Gasteiger partial charge >= 0.3 is 0 Å². The van der Waals surface area contributed by atoms with Gasteiger partial charge in [0.15, 0.2) is 5.78 Å². The zero-order chi connectivity index (χ0) is 14.8. The molecule has 21 heavy (non-hydrogen) atoms. The minimum Gasteiger partial charge on any atom is -0.487 e. The van der Waals surface area contributed by atoms with E-state index in [-0.39, 0.29) is 17.9 Å². The number of carbonyl (C=O) groups is 1. The van der Waals surface area contributed by atoms with E-state index >= 15 is 0 Å². The summed E-state index contributed by atoms with van der Waals surface area (Å²) >= 11 is 0. The average molecular weight is 288 g/mol. The number of nitrogens with one attached hydrogen (secondary N) is 2. The van der Waals surface area contributed by atoms with E-state index in [1.165, 1.54) is 25.7 Å². The van der Waals surface area contributed by atoms with Gasteiger partial charge < -0.3 is 15.4 Å². The van der Waals surface area contributed by atoms with E-state index in [0.29, 0.717) is 6.04 Å². The molecule has 2 atom stereocenters. The fraction of sp³-hybridized carbons (Fsp3) is 0.588. The monoisotopic (exact) mass is 288 g/mol. The number of hydrogen-bond acceptors (Lipinski definition) is 4. The number of fused-ring (bicyclic) bond motifs is 1. The molecule has 1 aliphatic carbocycles. The molecule has 0 aromatic heterocycles. The van der Waals surface area contributed by atoms with Crippen LogP contribution in [0.2, 0.25) is 0 Å². The Bertz CT molecular complexity index is 524. The third-order valence-corrected chi connectivity index (χ3v) is 4.41. The summed E-state index contributed by atoms with van der Waals surface area (Å²) in [6, 6.07) is 6.05. The highest BCUT2D eigenvalue weighted by Gasteiger charge is 2.23. The van der Waals surface area contributed by atoms with Crippen LogP contribution >= 0.6 is 0 Å². The van der Waals surface area contributed by atoms with Gasteiger partial charge in [-0.05, 0) is 44.9 Å². The first-order chi connectivity index (χ1) is 10.1. The largest absolute Gasteiger partial charge is 0.487 e. The first-order valence-corrected chi connectivity index (χ1v) is 7.98. The van der Waals surface area contributed by atoms with Gasteiger partial charge in [-0.15, -0.1) is 0 Å². The molecule has 0 radical (unpaired) electrons. The highest BCUT2D eigenvalue weighted by Crippen LogP contribution is 2.30. The predicted octanol–water partition coefficient (Wildman–Crippen LogP) is 2.98. The highest BCUT2D eigenvalue weighted by molar-refractivity contribution is 6.01. The second-order valence-corrected chi connectivity index (χ2v) is 6.25. The van der Waals surface area contributed by atoms with E-state index in [1.54, 1.807) is 0 Å². The molecule has 0 bridgehead atoms. The number of benzene rings is 1. The normalized spacial score (nSPS) is 23.0. The molecule has 2 N–H and O–H groups in total. The zero-order valence-electron chi connectivity index (χ0n) is 12.8. The Kier molecular flexibility index (Phi) is 4.15. The summed E-state index contributed by atoms with van der Waals surface area (Å²) in [5.41, 5.74) is 1.67. The Balaban J connectivity index is 1.69. The summed E-state index contributed by atoms with van der Waals surface area (Å²) in [4.78, 5) is 12.6. The van der Waals surface area contributed by atoms with Crippen molar-refractivity contribution in [1.29, 1.82) is 0 Å². The van der Waals surface area contributed by atoms with Crippen LogP contribution in [0.3, 0.4) is 0 Å². The molecule has 4 heteroatoms. The first-order valence-electron chi connectivity index (χ1n) is 7.98. The van der Waals surface area contributed by atoms with Crippen LogP contribution in [0.15, 0.2) is 18.2 Å². The lowest BCUT2D eigenvalue weighted by atomic mass is 10.0. The van der Waals surface area contributed by atoms with Crippen molar-refractivity contribution in [2.75, 3.05) is 11.9 Å². The molecule has 1 heterocycles. The minimum absolute atomic E-state index is 0.130. The minimum atomic E-state index is -0.130. The molecule has 3 rings (SSSR count). The van der Waals surface area contributed by atoms with Crippen LogP contribution < -0.4 is 15.4 Å². The van der Waals surface area contributed by atoms with E-state index in [1.807, 2.05) is 32.0 Å². The van der Waals surface area contributed by atoms with Gasteiger partial charge in [-0.3, -0.25) is 4.79 Å². The van der Waals surface area contributed by atoms with Crippen LogP contribution in [0.5, 0.6) is 5.75 Å². The molecule has 0 saturated heterocycles. The molecule has 0 amide bonds. The molecule has 2 aliphatic rings.